The van der Waals surface area contributed by atoms with Gasteiger partial charge in [-0.25, -0.2) is 0 Å². The third-order valence-electron chi connectivity index (χ3n) is 1.83. The van der Waals surface area contributed by atoms with Gasteiger partial charge in [-0.15, -0.1) is 0 Å². The van der Waals surface area contributed by atoms with Gasteiger partial charge >= 0.3 is 0 Å². The first-order chi connectivity index (χ1) is 6.40. The Morgan fingerprint density at radius 1 is 1.46 bits per heavy atom. The van der Waals surface area contributed by atoms with Crippen LogP contribution in [0.1, 0.15) is 5.56 Å². The molecule has 1 aromatic carbocycles. The fourth-order valence-electron chi connectivity index (χ4n) is 1.17. The lowest BCUT2D eigenvalue weighted by Crippen LogP contribution is -1.95. The lowest BCUT2D eigenvalue weighted by molar-refractivity contribution is 0.422. The molecule has 2 N–H and O–H groups in total. The largest absolute Gasteiger partial charge is 0.363 e. The molecule has 0 aliphatic carbocycles. The molecule has 3 heteroatoms. The standard InChI is InChI=1S/C10H9N2O/c11-7-8-2-1-3-9(6-8)10-4-5-13-12-10/h1-3,5-6H,7,11H2. The summed E-state index contributed by atoms with van der Waals surface area (Å²) in [6, 6.07) is 10.7. The molecule has 0 spiro atoms. The highest BCUT2D eigenvalue weighted by Crippen LogP contribution is 2.17. The second-order valence-corrected chi connectivity index (χ2v) is 2.71. The maximum atomic E-state index is 5.52. The summed E-state index contributed by atoms with van der Waals surface area (Å²) in [5, 5.41) is 3.79. The minimum Gasteiger partial charge on any atom is -0.363 e. The van der Waals surface area contributed by atoms with E-state index in [-0.39, 0.29) is 0 Å². The predicted molar refractivity (Wildman–Crippen MR) is 48.7 cm³/mol. The molecule has 0 atom stereocenters. The molecule has 13 heavy (non-hydrogen) atoms. The molecule has 1 heterocycles. The molecule has 0 unspecified atom stereocenters. The Morgan fingerprint density at radius 2 is 2.38 bits per heavy atom. The zero-order chi connectivity index (χ0) is 9.10. The Bertz CT molecular complexity index is 382. The quantitative estimate of drug-likeness (QED) is 0.750. The van der Waals surface area contributed by atoms with Crippen molar-refractivity contribution >= 4 is 0 Å². The third-order valence-corrected chi connectivity index (χ3v) is 1.83. The molecule has 0 saturated carbocycles. The molecule has 2 aromatic rings. The highest BCUT2D eigenvalue weighted by molar-refractivity contribution is 5.58. The fraction of sp³-hybridized carbons (Fsp3) is 0.100. The smallest absolute Gasteiger partial charge is 0.132 e. The number of hydrogen-bond donors (Lipinski definition) is 1. The Labute approximate surface area is 76.2 Å². The molecule has 65 valence electrons. The number of hydrogen-bond acceptors (Lipinski definition) is 3. The van der Waals surface area contributed by atoms with Crippen LogP contribution in [0.4, 0.5) is 0 Å². The topological polar surface area (TPSA) is 52.0 Å². The summed E-state index contributed by atoms with van der Waals surface area (Å²) in [7, 11) is 0. The number of benzene rings is 1. The van der Waals surface area contributed by atoms with Crippen LogP contribution < -0.4 is 5.73 Å². The average molecular weight is 173 g/mol. The van der Waals surface area contributed by atoms with E-state index in [0.717, 1.165) is 16.8 Å². The minimum absolute atomic E-state index is 0.533. The minimum atomic E-state index is 0.533. The van der Waals surface area contributed by atoms with Crippen molar-refractivity contribution in [1.82, 2.24) is 5.16 Å². The van der Waals surface area contributed by atoms with Crippen molar-refractivity contribution in [3.8, 4) is 11.3 Å². The van der Waals surface area contributed by atoms with E-state index in [1.807, 2.05) is 24.3 Å². The second-order valence-electron chi connectivity index (χ2n) is 2.71. The monoisotopic (exact) mass is 173 g/mol. The molecule has 1 radical (unpaired) electrons. The SMILES string of the molecule is NCc1cccc(-c2[c]con2)c1. The van der Waals surface area contributed by atoms with E-state index < -0.39 is 0 Å². The summed E-state index contributed by atoms with van der Waals surface area (Å²) >= 11 is 0. The molecule has 1 aromatic heterocycles. The molecule has 0 saturated heterocycles. The molecule has 0 aliphatic heterocycles. The van der Waals surface area contributed by atoms with Gasteiger partial charge in [-0.1, -0.05) is 23.4 Å². The Morgan fingerprint density at radius 3 is 3.08 bits per heavy atom. The highest BCUT2D eigenvalue weighted by atomic mass is 16.5. The lowest BCUT2D eigenvalue weighted by Gasteiger charge is -1.98. The summed E-state index contributed by atoms with van der Waals surface area (Å²) in [6.45, 7) is 0.533. The van der Waals surface area contributed by atoms with Crippen LogP contribution >= 0.6 is 0 Å². The van der Waals surface area contributed by atoms with Gasteiger partial charge in [0.25, 0.3) is 0 Å². The van der Waals surface area contributed by atoms with E-state index in [2.05, 4.69) is 11.2 Å². The third kappa shape index (κ3) is 1.60. The molecule has 0 bridgehead atoms. The van der Waals surface area contributed by atoms with Crippen molar-refractivity contribution in [1.29, 1.82) is 0 Å². The number of aromatic nitrogens is 1. The molecular formula is C10H9N2O. The molecule has 0 aliphatic rings. The molecular weight excluding hydrogens is 164 g/mol. The van der Waals surface area contributed by atoms with E-state index in [1.54, 1.807) is 0 Å². The van der Waals surface area contributed by atoms with Crippen molar-refractivity contribution in [2.24, 2.45) is 5.73 Å². The second kappa shape index (κ2) is 3.41. The number of rotatable bonds is 2. The summed E-state index contributed by atoms with van der Waals surface area (Å²) in [6.07, 6.45) is 1.43. The van der Waals surface area contributed by atoms with Gasteiger partial charge in [0, 0.05) is 12.1 Å². The molecule has 0 fully saturated rings. The van der Waals surface area contributed by atoms with Crippen LogP contribution in [0, 0.1) is 6.07 Å². The maximum absolute atomic E-state index is 5.52. The van der Waals surface area contributed by atoms with Crippen LogP contribution in [0.15, 0.2) is 35.1 Å². The summed E-state index contributed by atoms with van der Waals surface area (Å²) < 4.78 is 4.71. The predicted octanol–water partition coefficient (Wildman–Crippen LogP) is 1.60. The first-order valence-electron chi connectivity index (χ1n) is 4.01. The highest BCUT2D eigenvalue weighted by Gasteiger charge is 2.01. The van der Waals surface area contributed by atoms with Crippen molar-refractivity contribution < 1.29 is 4.52 Å². The van der Waals surface area contributed by atoms with E-state index in [1.165, 1.54) is 6.26 Å². The Kier molecular flexibility index (Phi) is 2.10. The molecule has 2 rings (SSSR count). The van der Waals surface area contributed by atoms with Crippen molar-refractivity contribution in [2.75, 3.05) is 0 Å². The Balaban J connectivity index is 2.41. The van der Waals surface area contributed by atoms with Gasteiger partial charge in [0.1, 0.15) is 12.0 Å². The number of nitrogens with two attached hydrogens (primary N) is 1. The van der Waals surface area contributed by atoms with Crippen molar-refractivity contribution in [2.45, 2.75) is 6.54 Å². The zero-order valence-electron chi connectivity index (χ0n) is 7.03. The first kappa shape index (κ1) is 8.01. The van der Waals surface area contributed by atoms with Gasteiger partial charge < -0.3 is 10.3 Å². The Hall–Kier alpha value is -1.61. The maximum Gasteiger partial charge on any atom is 0.132 e. The van der Waals surface area contributed by atoms with Crippen LogP contribution in [-0.4, -0.2) is 5.16 Å². The van der Waals surface area contributed by atoms with E-state index in [0.29, 0.717) is 6.54 Å². The van der Waals surface area contributed by atoms with E-state index in [4.69, 9.17) is 10.3 Å². The van der Waals surface area contributed by atoms with Gasteiger partial charge in [0.05, 0.1) is 6.07 Å². The summed E-state index contributed by atoms with van der Waals surface area (Å²) in [5.74, 6) is 0. The van der Waals surface area contributed by atoms with Crippen molar-refractivity contribution in [3.63, 3.8) is 0 Å². The van der Waals surface area contributed by atoms with Crippen LogP contribution in [0.5, 0.6) is 0 Å². The summed E-state index contributed by atoms with van der Waals surface area (Å²) in [5.41, 5.74) is 8.30. The molecule has 0 amide bonds. The van der Waals surface area contributed by atoms with Gasteiger partial charge in [-0.3, -0.25) is 0 Å². The molecule has 3 nitrogen and oxygen atoms in total. The number of nitrogens with zero attached hydrogens (tertiary/aromatic N) is 1. The van der Waals surface area contributed by atoms with Gasteiger partial charge in [-0.2, -0.15) is 0 Å². The van der Waals surface area contributed by atoms with Gasteiger partial charge in [-0.05, 0) is 11.6 Å². The lowest BCUT2D eigenvalue weighted by atomic mass is 10.1. The van der Waals surface area contributed by atoms with Crippen molar-refractivity contribution in [3.05, 3.63) is 42.2 Å². The van der Waals surface area contributed by atoms with Crippen LogP contribution in [0.2, 0.25) is 0 Å². The van der Waals surface area contributed by atoms with Crippen LogP contribution in [-0.2, 0) is 6.54 Å². The van der Waals surface area contributed by atoms with E-state index >= 15 is 0 Å². The van der Waals surface area contributed by atoms with Gasteiger partial charge in [0.2, 0.25) is 0 Å². The summed E-state index contributed by atoms with van der Waals surface area (Å²) in [4.78, 5) is 0. The fourth-order valence-corrected chi connectivity index (χ4v) is 1.17. The van der Waals surface area contributed by atoms with Crippen LogP contribution in [0.25, 0.3) is 11.3 Å². The van der Waals surface area contributed by atoms with Crippen LogP contribution in [0.3, 0.4) is 0 Å². The zero-order valence-corrected chi connectivity index (χ0v) is 7.03. The van der Waals surface area contributed by atoms with E-state index in [9.17, 15) is 0 Å². The first-order valence-corrected chi connectivity index (χ1v) is 4.01. The average Bonchev–Trinajstić information content (AvgIpc) is 2.71. The van der Waals surface area contributed by atoms with Gasteiger partial charge in [0.15, 0.2) is 0 Å². The normalized spacial score (nSPS) is 10.2.